The van der Waals surface area contributed by atoms with E-state index >= 15 is 0 Å². The Morgan fingerprint density at radius 2 is 1.82 bits per heavy atom. The zero-order chi connectivity index (χ0) is 23.5. The van der Waals surface area contributed by atoms with Crippen LogP contribution in [0.5, 0.6) is 5.75 Å². The van der Waals surface area contributed by atoms with Crippen molar-refractivity contribution >= 4 is 11.7 Å². The van der Waals surface area contributed by atoms with Crippen molar-refractivity contribution in [2.75, 3.05) is 13.7 Å². The monoisotopic (exact) mass is 442 g/mol. The van der Waals surface area contributed by atoms with Gasteiger partial charge in [-0.2, -0.15) is 0 Å². The number of benzene rings is 2. The summed E-state index contributed by atoms with van der Waals surface area (Å²) in [6, 6.07) is 16.3. The number of ether oxygens (including phenoxy) is 1. The summed E-state index contributed by atoms with van der Waals surface area (Å²) < 4.78 is 6.05. The van der Waals surface area contributed by atoms with E-state index in [0.717, 1.165) is 41.7 Å². The zero-order valence-corrected chi connectivity index (χ0v) is 19.9. The topological polar surface area (TPSA) is 58.0 Å². The van der Waals surface area contributed by atoms with Crippen LogP contribution in [0.25, 0.3) is 0 Å². The largest absolute Gasteiger partial charge is 0.493 e. The molecule has 1 aliphatic rings. The molecule has 0 aliphatic carbocycles. The summed E-state index contributed by atoms with van der Waals surface area (Å²) in [5.74, 6) is 2.93. The fraction of sp³-hybridized carbons (Fsp3) is 0.286. The van der Waals surface area contributed by atoms with Crippen LogP contribution in [0.3, 0.4) is 0 Å². The first-order chi connectivity index (χ1) is 16.1. The van der Waals surface area contributed by atoms with Gasteiger partial charge in [-0.1, -0.05) is 66.8 Å². The number of hydrogen-bond donors (Lipinski definition) is 2. The molecule has 0 spiro atoms. The van der Waals surface area contributed by atoms with E-state index in [-0.39, 0.29) is 0 Å². The third kappa shape index (κ3) is 7.49. The second kappa shape index (κ2) is 12.4. The lowest BCUT2D eigenvalue weighted by Gasteiger charge is -2.17. The summed E-state index contributed by atoms with van der Waals surface area (Å²) in [5, 5.41) is 6.74. The van der Waals surface area contributed by atoms with Gasteiger partial charge in [0.25, 0.3) is 0 Å². The van der Waals surface area contributed by atoms with Gasteiger partial charge in [0.1, 0.15) is 17.4 Å². The van der Waals surface area contributed by atoms with E-state index in [4.69, 9.17) is 9.73 Å². The van der Waals surface area contributed by atoms with Crippen LogP contribution in [0.2, 0.25) is 0 Å². The SMILES string of the molecule is C=C1NCc2ccccc2OCCC/C=C\C/C(C)=C/C(=NC)N=C(c2ccccc2C)N1. The number of para-hydroxylation sites is 1. The van der Waals surface area contributed by atoms with E-state index in [1.165, 1.54) is 5.57 Å². The van der Waals surface area contributed by atoms with Gasteiger partial charge in [-0.15, -0.1) is 0 Å². The van der Waals surface area contributed by atoms with E-state index in [2.05, 4.69) is 66.4 Å². The van der Waals surface area contributed by atoms with Crippen LogP contribution in [-0.4, -0.2) is 25.3 Å². The number of hydrogen-bond acceptors (Lipinski definition) is 4. The number of aliphatic imine (C=N–C) groups is 2. The Hall–Kier alpha value is -3.60. The second-order valence-corrected chi connectivity index (χ2v) is 8.08. The molecule has 1 aliphatic heterocycles. The van der Waals surface area contributed by atoms with Crippen molar-refractivity contribution in [3.8, 4) is 5.75 Å². The molecule has 0 saturated heterocycles. The van der Waals surface area contributed by atoms with Gasteiger partial charge in [0.05, 0.1) is 12.4 Å². The smallest absolute Gasteiger partial charge is 0.149 e. The van der Waals surface area contributed by atoms with Crippen molar-refractivity contribution in [2.45, 2.75) is 39.7 Å². The molecule has 0 fully saturated rings. The van der Waals surface area contributed by atoms with E-state index in [0.29, 0.717) is 30.6 Å². The summed E-state index contributed by atoms with van der Waals surface area (Å²) in [5.41, 5.74) is 4.41. The summed E-state index contributed by atoms with van der Waals surface area (Å²) in [6.45, 7) is 9.64. The maximum Gasteiger partial charge on any atom is 0.149 e. The Morgan fingerprint density at radius 1 is 1.03 bits per heavy atom. The van der Waals surface area contributed by atoms with Crippen LogP contribution in [-0.2, 0) is 6.54 Å². The third-order valence-corrected chi connectivity index (χ3v) is 5.34. The van der Waals surface area contributed by atoms with Gasteiger partial charge < -0.3 is 15.4 Å². The highest BCUT2D eigenvalue weighted by molar-refractivity contribution is 6.10. The minimum absolute atomic E-state index is 0.594. The minimum atomic E-state index is 0.594. The molecular formula is C28H34N4O. The highest BCUT2D eigenvalue weighted by atomic mass is 16.5. The molecule has 5 heteroatoms. The first-order valence-electron chi connectivity index (χ1n) is 11.4. The van der Waals surface area contributed by atoms with Crippen LogP contribution in [0, 0.1) is 6.92 Å². The molecule has 33 heavy (non-hydrogen) atoms. The molecule has 0 aromatic heterocycles. The number of amidine groups is 2. The number of aryl methyl sites for hydroxylation is 1. The molecule has 172 valence electrons. The first-order valence-corrected chi connectivity index (χ1v) is 11.4. The number of nitrogens with zero attached hydrogens (tertiary/aromatic N) is 2. The number of rotatable bonds is 1. The maximum atomic E-state index is 6.05. The molecule has 3 rings (SSSR count). The normalized spacial score (nSPS) is 20.0. The van der Waals surface area contributed by atoms with Gasteiger partial charge in [-0.25, -0.2) is 4.99 Å². The number of fused-ring (bicyclic) bond motifs is 1. The number of allylic oxidation sites excluding steroid dienone is 3. The number of nitrogens with one attached hydrogen (secondary N) is 2. The van der Waals surface area contributed by atoms with Crippen LogP contribution in [0.4, 0.5) is 0 Å². The Balaban J connectivity index is 1.94. The Bertz CT molecular complexity index is 1080. The lowest BCUT2D eigenvalue weighted by molar-refractivity contribution is 0.308. The van der Waals surface area contributed by atoms with Gasteiger partial charge in [0.15, 0.2) is 0 Å². The predicted molar refractivity (Wildman–Crippen MR) is 139 cm³/mol. The molecule has 2 N–H and O–H groups in total. The molecular weight excluding hydrogens is 408 g/mol. The molecule has 1 heterocycles. The molecule has 0 amide bonds. The highest BCUT2D eigenvalue weighted by Gasteiger charge is 2.10. The molecule has 0 bridgehead atoms. The van der Waals surface area contributed by atoms with Gasteiger partial charge >= 0.3 is 0 Å². The van der Waals surface area contributed by atoms with Gasteiger partial charge in [0, 0.05) is 24.7 Å². The van der Waals surface area contributed by atoms with Crippen molar-refractivity contribution in [1.82, 2.24) is 10.6 Å². The standard InChI is InChI=1S/C28H34N4O/c1-21-13-7-5-6-12-18-33-26-17-11-9-15-24(26)20-30-23(3)31-28(32-27(19-21)29-4)25-16-10-8-14-22(25)2/h5,7-11,14-17,19,30H,3,6,12-13,18,20H2,1-2,4H3,(H,29,31,32)/b7-5-,21-19+. The molecule has 2 aromatic rings. The van der Waals surface area contributed by atoms with Gasteiger partial charge in [-0.05, 0) is 50.8 Å². The van der Waals surface area contributed by atoms with Crippen LogP contribution < -0.4 is 15.4 Å². The van der Waals surface area contributed by atoms with E-state index in [1.54, 1.807) is 7.05 Å². The highest BCUT2D eigenvalue weighted by Crippen LogP contribution is 2.19. The fourth-order valence-corrected chi connectivity index (χ4v) is 3.48. The predicted octanol–water partition coefficient (Wildman–Crippen LogP) is 5.69. The van der Waals surface area contributed by atoms with Crippen molar-refractivity contribution in [2.24, 2.45) is 9.98 Å². The van der Waals surface area contributed by atoms with Gasteiger partial charge in [-0.3, -0.25) is 4.99 Å². The summed E-state index contributed by atoms with van der Waals surface area (Å²) >= 11 is 0. The summed E-state index contributed by atoms with van der Waals surface area (Å²) in [7, 11) is 1.77. The first kappa shape index (κ1) is 24.1. The van der Waals surface area contributed by atoms with Crippen LogP contribution >= 0.6 is 0 Å². The molecule has 0 unspecified atom stereocenters. The lowest BCUT2D eigenvalue weighted by Crippen LogP contribution is -2.32. The van der Waals surface area contributed by atoms with Crippen molar-refractivity contribution in [3.63, 3.8) is 0 Å². The summed E-state index contributed by atoms with van der Waals surface area (Å²) in [6.07, 6.45) is 9.27. The molecule has 2 aromatic carbocycles. The summed E-state index contributed by atoms with van der Waals surface area (Å²) in [4.78, 5) is 9.27. The Kier molecular flexibility index (Phi) is 9.07. The average Bonchev–Trinajstić information content (AvgIpc) is 2.81. The Morgan fingerprint density at radius 3 is 2.64 bits per heavy atom. The molecule has 0 radical (unpaired) electrons. The maximum absolute atomic E-state index is 6.05. The second-order valence-electron chi connectivity index (χ2n) is 8.08. The Labute approximate surface area is 197 Å². The quantitative estimate of drug-likeness (QED) is 0.558. The molecule has 0 saturated carbocycles. The minimum Gasteiger partial charge on any atom is -0.493 e. The van der Waals surface area contributed by atoms with Crippen molar-refractivity contribution in [3.05, 3.63) is 101 Å². The van der Waals surface area contributed by atoms with Crippen molar-refractivity contribution in [1.29, 1.82) is 0 Å². The zero-order valence-electron chi connectivity index (χ0n) is 19.9. The van der Waals surface area contributed by atoms with Crippen molar-refractivity contribution < 1.29 is 4.74 Å². The average molecular weight is 443 g/mol. The van der Waals surface area contributed by atoms with E-state index < -0.39 is 0 Å². The third-order valence-electron chi connectivity index (χ3n) is 5.34. The fourth-order valence-electron chi connectivity index (χ4n) is 3.48. The van der Waals surface area contributed by atoms with E-state index in [1.807, 2.05) is 36.4 Å². The van der Waals surface area contributed by atoms with Crippen LogP contribution in [0.1, 0.15) is 42.9 Å². The molecule has 0 atom stereocenters. The lowest BCUT2D eigenvalue weighted by atomic mass is 10.1. The van der Waals surface area contributed by atoms with E-state index in [9.17, 15) is 0 Å². The molecule has 5 nitrogen and oxygen atoms in total. The van der Waals surface area contributed by atoms with Gasteiger partial charge in [0.2, 0.25) is 0 Å². The van der Waals surface area contributed by atoms with Crippen LogP contribution in [0.15, 0.2) is 94.7 Å².